The summed E-state index contributed by atoms with van der Waals surface area (Å²) < 4.78 is 33.3. The molecular weight excluding hydrogens is 555 g/mol. The van der Waals surface area contributed by atoms with E-state index >= 15 is 0 Å². The molecule has 210 valence electrons. The zero-order chi connectivity index (χ0) is 29.4. The SMILES string of the molecule is CCOP1(=O)OC(c2ccccc2)=C(c2ccccc2)c2cc3c(=O)oc(-c4ccccc4)c(-c4ccccc4)c3cc21. The molecule has 0 fully saturated rings. The van der Waals surface area contributed by atoms with Gasteiger partial charge in [0.25, 0.3) is 0 Å². The Labute approximate surface area is 249 Å². The van der Waals surface area contributed by atoms with Crippen molar-refractivity contribution in [3.8, 4) is 22.5 Å². The molecule has 5 nitrogen and oxygen atoms in total. The topological polar surface area (TPSA) is 65.7 Å². The Morgan fingerprint density at radius 2 is 1.19 bits per heavy atom. The molecule has 5 aromatic carbocycles. The van der Waals surface area contributed by atoms with E-state index in [9.17, 15) is 9.36 Å². The molecule has 1 aliphatic heterocycles. The molecule has 1 aliphatic rings. The van der Waals surface area contributed by atoms with Gasteiger partial charge >= 0.3 is 13.2 Å². The third kappa shape index (κ3) is 4.73. The Kier molecular flexibility index (Phi) is 6.90. The number of fused-ring (bicyclic) bond motifs is 2. The molecule has 0 N–H and O–H groups in total. The van der Waals surface area contributed by atoms with Crippen molar-refractivity contribution in [1.82, 2.24) is 0 Å². The molecule has 2 heterocycles. The number of hydrogen-bond donors (Lipinski definition) is 0. The summed E-state index contributed by atoms with van der Waals surface area (Å²) >= 11 is 0. The fourth-order valence-corrected chi connectivity index (χ4v) is 7.50. The van der Waals surface area contributed by atoms with Crippen molar-refractivity contribution < 1.29 is 18.0 Å². The fourth-order valence-electron chi connectivity index (χ4n) is 5.68. The number of rotatable bonds is 6. The second kappa shape index (κ2) is 11.0. The summed E-state index contributed by atoms with van der Waals surface area (Å²) in [5, 5.41) is 1.39. The highest BCUT2D eigenvalue weighted by molar-refractivity contribution is 7.62. The molecule has 0 spiro atoms. The molecule has 0 saturated heterocycles. The van der Waals surface area contributed by atoms with Crippen LogP contribution >= 0.6 is 7.60 Å². The maximum atomic E-state index is 14.8. The van der Waals surface area contributed by atoms with E-state index < -0.39 is 13.2 Å². The van der Waals surface area contributed by atoms with Crippen LogP contribution in [-0.2, 0) is 13.6 Å². The van der Waals surface area contributed by atoms with E-state index in [0.29, 0.717) is 33.2 Å². The Balaban J connectivity index is 1.63. The van der Waals surface area contributed by atoms with E-state index in [1.54, 1.807) is 19.1 Å². The molecule has 7 rings (SSSR count). The van der Waals surface area contributed by atoms with Gasteiger partial charge in [0.15, 0.2) is 0 Å². The minimum Gasteiger partial charge on any atom is -0.422 e. The summed E-state index contributed by atoms with van der Waals surface area (Å²) in [5.74, 6) is 0.875. The second-order valence-electron chi connectivity index (χ2n) is 10.2. The molecular formula is C37H27O5P. The van der Waals surface area contributed by atoms with E-state index in [1.807, 2.05) is 121 Å². The lowest BCUT2D eigenvalue weighted by Gasteiger charge is -2.31. The summed E-state index contributed by atoms with van der Waals surface area (Å²) in [7, 11) is -3.89. The summed E-state index contributed by atoms with van der Waals surface area (Å²) in [6.45, 7) is 1.97. The second-order valence-corrected chi connectivity index (χ2v) is 12.1. The molecule has 0 amide bonds. The summed E-state index contributed by atoms with van der Waals surface area (Å²) in [5.41, 5.74) is 4.82. The van der Waals surface area contributed by atoms with E-state index in [4.69, 9.17) is 13.5 Å². The maximum Gasteiger partial charge on any atom is 0.411 e. The summed E-state index contributed by atoms with van der Waals surface area (Å²) in [4.78, 5) is 13.8. The highest BCUT2D eigenvalue weighted by atomic mass is 31.2. The van der Waals surface area contributed by atoms with Crippen LogP contribution in [0.2, 0.25) is 0 Å². The zero-order valence-corrected chi connectivity index (χ0v) is 24.3. The van der Waals surface area contributed by atoms with Crippen LogP contribution in [-0.4, -0.2) is 6.61 Å². The minimum absolute atomic E-state index is 0.176. The molecule has 1 atom stereocenters. The first-order valence-corrected chi connectivity index (χ1v) is 15.7. The van der Waals surface area contributed by atoms with Crippen LogP contribution in [0.4, 0.5) is 0 Å². The minimum atomic E-state index is -3.89. The fraction of sp³-hybridized carbons (Fsp3) is 0.0541. The van der Waals surface area contributed by atoms with Gasteiger partial charge in [-0.15, -0.1) is 0 Å². The van der Waals surface area contributed by atoms with Crippen molar-refractivity contribution >= 4 is 35.0 Å². The predicted molar refractivity (Wildman–Crippen MR) is 172 cm³/mol. The van der Waals surface area contributed by atoms with E-state index in [1.165, 1.54) is 0 Å². The molecule has 6 heteroatoms. The van der Waals surface area contributed by atoms with Crippen LogP contribution < -0.4 is 10.9 Å². The standard InChI is InChI=1S/C37H27O5P/c1-2-40-43(39)32-24-29-30(37(38)41-35(27-19-11-5-12-20-27)33(29)25-15-7-3-8-16-25)23-31(32)34(26-17-9-4-10-18-26)36(42-43)28-21-13-6-14-22-28/h3-24H,2H2,1H3. The first kappa shape index (κ1) is 26.9. The molecule has 6 aromatic rings. The molecule has 0 bridgehead atoms. The number of benzene rings is 5. The van der Waals surface area contributed by atoms with Crippen LogP contribution in [0.15, 0.2) is 143 Å². The highest BCUT2D eigenvalue weighted by Gasteiger charge is 2.40. The predicted octanol–water partition coefficient (Wildman–Crippen LogP) is 8.93. The van der Waals surface area contributed by atoms with Crippen molar-refractivity contribution in [1.29, 1.82) is 0 Å². The van der Waals surface area contributed by atoms with Gasteiger partial charge in [-0.1, -0.05) is 121 Å². The average Bonchev–Trinajstić information content (AvgIpc) is 3.06. The van der Waals surface area contributed by atoms with E-state index in [0.717, 1.165) is 33.4 Å². The maximum absolute atomic E-state index is 14.8. The van der Waals surface area contributed by atoms with E-state index in [2.05, 4.69) is 0 Å². The first-order chi connectivity index (χ1) is 21.1. The van der Waals surface area contributed by atoms with Gasteiger partial charge in [0.2, 0.25) is 0 Å². The quantitative estimate of drug-likeness (QED) is 0.184. The lowest BCUT2D eigenvalue weighted by molar-refractivity contribution is 0.279. The zero-order valence-electron chi connectivity index (χ0n) is 23.4. The highest BCUT2D eigenvalue weighted by Crippen LogP contribution is 2.58. The third-order valence-electron chi connectivity index (χ3n) is 7.55. The molecule has 0 aliphatic carbocycles. The summed E-state index contributed by atoms with van der Waals surface area (Å²) in [6, 6.07) is 42.2. The van der Waals surface area contributed by atoms with Crippen molar-refractivity contribution in [2.24, 2.45) is 0 Å². The van der Waals surface area contributed by atoms with Gasteiger partial charge in [0, 0.05) is 33.2 Å². The van der Waals surface area contributed by atoms with Crippen LogP contribution in [0.3, 0.4) is 0 Å². The van der Waals surface area contributed by atoms with Crippen LogP contribution in [0, 0.1) is 0 Å². The van der Waals surface area contributed by atoms with Gasteiger partial charge in [-0.25, -0.2) is 9.36 Å². The smallest absolute Gasteiger partial charge is 0.411 e. The van der Waals surface area contributed by atoms with E-state index in [-0.39, 0.29) is 6.61 Å². The Bertz CT molecular complexity index is 2080. The van der Waals surface area contributed by atoms with Gasteiger partial charge in [-0.3, -0.25) is 4.52 Å². The summed E-state index contributed by atoms with van der Waals surface area (Å²) in [6.07, 6.45) is 0. The van der Waals surface area contributed by atoms with Crippen molar-refractivity contribution in [3.63, 3.8) is 0 Å². The Hall–Kier alpha value is -4.96. The van der Waals surface area contributed by atoms with Crippen molar-refractivity contribution in [3.05, 3.63) is 161 Å². The largest absolute Gasteiger partial charge is 0.422 e. The third-order valence-corrected chi connectivity index (χ3v) is 9.53. The lowest BCUT2D eigenvalue weighted by Crippen LogP contribution is -2.22. The molecule has 1 aromatic heterocycles. The first-order valence-electron chi connectivity index (χ1n) is 14.1. The molecule has 43 heavy (non-hydrogen) atoms. The molecule has 0 radical (unpaired) electrons. The van der Waals surface area contributed by atoms with Gasteiger partial charge in [-0.2, -0.15) is 0 Å². The van der Waals surface area contributed by atoms with Crippen LogP contribution in [0.25, 0.3) is 44.6 Å². The van der Waals surface area contributed by atoms with Gasteiger partial charge in [0.05, 0.1) is 17.3 Å². The Morgan fingerprint density at radius 3 is 1.77 bits per heavy atom. The average molecular weight is 583 g/mol. The van der Waals surface area contributed by atoms with Gasteiger partial charge < -0.3 is 8.94 Å². The van der Waals surface area contributed by atoms with Crippen molar-refractivity contribution in [2.45, 2.75) is 6.92 Å². The van der Waals surface area contributed by atoms with Crippen LogP contribution in [0.1, 0.15) is 23.6 Å². The Morgan fingerprint density at radius 1 is 0.651 bits per heavy atom. The van der Waals surface area contributed by atoms with Gasteiger partial charge in [0.1, 0.15) is 11.5 Å². The van der Waals surface area contributed by atoms with Crippen LogP contribution in [0.5, 0.6) is 0 Å². The lowest BCUT2D eigenvalue weighted by atomic mass is 9.90. The normalized spacial score (nSPS) is 16.1. The van der Waals surface area contributed by atoms with Gasteiger partial charge in [-0.05, 0) is 30.2 Å². The number of hydrogen-bond acceptors (Lipinski definition) is 5. The monoisotopic (exact) mass is 582 g/mol. The van der Waals surface area contributed by atoms with Crippen molar-refractivity contribution in [2.75, 3.05) is 6.61 Å². The molecule has 1 unspecified atom stereocenters. The molecule has 0 saturated carbocycles.